The number of allylic oxidation sites excluding steroid dienone is 1. The number of aromatic hydroxyl groups is 1. The van der Waals surface area contributed by atoms with Crippen molar-refractivity contribution in [1.82, 2.24) is 0 Å². The van der Waals surface area contributed by atoms with Crippen molar-refractivity contribution in [3.8, 4) is 5.75 Å². The predicted octanol–water partition coefficient (Wildman–Crippen LogP) is 5.12. The molecule has 2 heteroatoms. The molecule has 0 radical (unpaired) electrons. The average Bonchev–Trinajstić information content (AvgIpc) is 2.62. The molecule has 3 rings (SSSR count). The summed E-state index contributed by atoms with van der Waals surface area (Å²) in [6.07, 6.45) is 1.86. The molecule has 1 N–H and O–H groups in total. The second-order valence-electron chi connectivity index (χ2n) is 5.68. The Hall–Kier alpha value is -3.13. The van der Waals surface area contributed by atoms with Crippen LogP contribution >= 0.6 is 0 Å². The molecule has 0 unspecified atom stereocenters. The van der Waals surface area contributed by atoms with Crippen molar-refractivity contribution < 1.29 is 9.90 Å². The molecule has 24 heavy (non-hydrogen) atoms. The lowest BCUT2D eigenvalue weighted by molar-refractivity contribution is 0.105. The molecule has 0 saturated heterocycles. The Kier molecular flexibility index (Phi) is 4.57. The van der Waals surface area contributed by atoms with Crippen LogP contribution in [0.2, 0.25) is 0 Å². The van der Waals surface area contributed by atoms with Gasteiger partial charge in [-0.05, 0) is 36.3 Å². The third kappa shape index (κ3) is 3.44. The number of carbonyl (C=O) groups is 1. The van der Waals surface area contributed by atoms with Crippen molar-refractivity contribution in [2.45, 2.75) is 6.92 Å². The molecule has 0 aliphatic carbocycles. The minimum absolute atomic E-state index is 0.00626. The minimum Gasteiger partial charge on any atom is -0.507 e. The Morgan fingerprint density at radius 1 is 0.833 bits per heavy atom. The van der Waals surface area contributed by atoms with Crippen molar-refractivity contribution in [1.29, 1.82) is 0 Å². The fraction of sp³-hybridized carbons (Fsp3) is 0.0455. The Morgan fingerprint density at radius 3 is 2.12 bits per heavy atom. The SMILES string of the molecule is Cc1ccc(/C=C(/C(=O)c2ccccc2O)c2ccccc2)cc1. The number of hydrogen-bond donors (Lipinski definition) is 1. The van der Waals surface area contributed by atoms with Crippen molar-refractivity contribution in [3.63, 3.8) is 0 Å². The van der Waals surface area contributed by atoms with Gasteiger partial charge < -0.3 is 5.11 Å². The first-order valence-corrected chi connectivity index (χ1v) is 7.81. The second kappa shape index (κ2) is 6.97. The molecule has 0 aromatic heterocycles. The smallest absolute Gasteiger partial charge is 0.197 e. The summed E-state index contributed by atoms with van der Waals surface area (Å²) >= 11 is 0. The number of phenols is 1. The molecule has 0 aliphatic rings. The highest BCUT2D eigenvalue weighted by Gasteiger charge is 2.17. The highest BCUT2D eigenvalue weighted by molar-refractivity contribution is 6.33. The lowest BCUT2D eigenvalue weighted by Gasteiger charge is -2.09. The van der Waals surface area contributed by atoms with E-state index in [4.69, 9.17) is 0 Å². The van der Waals surface area contributed by atoms with Crippen LogP contribution in [0.3, 0.4) is 0 Å². The van der Waals surface area contributed by atoms with E-state index in [2.05, 4.69) is 0 Å². The molecule has 2 nitrogen and oxygen atoms in total. The second-order valence-corrected chi connectivity index (χ2v) is 5.68. The zero-order valence-corrected chi connectivity index (χ0v) is 13.4. The van der Waals surface area contributed by atoms with Gasteiger partial charge in [0.25, 0.3) is 0 Å². The summed E-state index contributed by atoms with van der Waals surface area (Å²) in [4.78, 5) is 13.0. The van der Waals surface area contributed by atoms with Gasteiger partial charge in [-0.2, -0.15) is 0 Å². The zero-order chi connectivity index (χ0) is 16.9. The fourth-order valence-electron chi connectivity index (χ4n) is 2.54. The van der Waals surface area contributed by atoms with Crippen molar-refractivity contribution in [3.05, 3.63) is 101 Å². The maximum atomic E-state index is 13.0. The molecule has 0 amide bonds. The number of hydrogen-bond acceptors (Lipinski definition) is 2. The average molecular weight is 314 g/mol. The van der Waals surface area contributed by atoms with E-state index in [0.29, 0.717) is 11.1 Å². The maximum Gasteiger partial charge on any atom is 0.197 e. The summed E-state index contributed by atoms with van der Waals surface area (Å²) < 4.78 is 0. The first kappa shape index (κ1) is 15.8. The van der Waals surface area contributed by atoms with E-state index in [-0.39, 0.29) is 11.5 Å². The van der Waals surface area contributed by atoms with Gasteiger partial charge in [-0.1, -0.05) is 72.3 Å². The topological polar surface area (TPSA) is 37.3 Å². The molecule has 0 bridgehead atoms. The number of aryl methyl sites for hydroxylation is 1. The van der Waals surface area contributed by atoms with Crippen molar-refractivity contribution in [2.24, 2.45) is 0 Å². The number of rotatable bonds is 4. The molecule has 0 heterocycles. The normalized spacial score (nSPS) is 11.3. The molecule has 0 spiro atoms. The van der Waals surface area contributed by atoms with E-state index in [1.165, 1.54) is 11.6 Å². The van der Waals surface area contributed by atoms with Crippen molar-refractivity contribution >= 4 is 17.4 Å². The molecule has 0 aliphatic heterocycles. The third-order valence-corrected chi connectivity index (χ3v) is 3.87. The van der Waals surface area contributed by atoms with Crippen LogP contribution in [-0.2, 0) is 0 Å². The third-order valence-electron chi connectivity index (χ3n) is 3.87. The Morgan fingerprint density at radius 2 is 1.46 bits per heavy atom. The molecule has 3 aromatic rings. The number of ketones is 1. The van der Waals surface area contributed by atoms with E-state index < -0.39 is 0 Å². The molecule has 118 valence electrons. The number of benzene rings is 3. The van der Waals surface area contributed by atoms with Gasteiger partial charge in [-0.25, -0.2) is 0 Å². The first-order chi connectivity index (χ1) is 11.6. The highest BCUT2D eigenvalue weighted by Crippen LogP contribution is 2.27. The van der Waals surface area contributed by atoms with Crippen LogP contribution in [0, 0.1) is 6.92 Å². The molecular weight excluding hydrogens is 296 g/mol. The summed E-state index contributed by atoms with van der Waals surface area (Å²) in [6, 6.07) is 24.1. The Bertz CT molecular complexity index is 875. The van der Waals surface area contributed by atoms with E-state index in [9.17, 15) is 9.90 Å². The van der Waals surface area contributed by atoms with Gasteiger partial charge in [0, 0.05) is 5.57 Å². The lowest BCUT2D eigenvalue weighted by atomic mass is 9.94. The number of para-hydroxylation sites is 1. The number of Topliss-reactive ketones (excluding diaryl/α,β-unsaturated/α-hetero) is 1. The molecule has 3 aromatic carbocycles. The van der Waals surface area contributed by atoms with Crippen LogP contribution in [-0.4, -0.2) is 10.9 Å². The zero-order valence-electron chi connectivity index (χ0n) is 13.4. The minimum atomic E-state index is -0.195. The van der Waals surface area contributed by atoms with Crippen molar-refractivity contribution in [2.75, 3.05) is 0 Å². The largest absolute Gasteiger partial charge is 0.507 e. The lowest BCUT2D eigenvalue weighted by Crippen LogP contribution is -2.03. The summed E-state index contributed by atoms with van der Waals surface area (Å²) in [5.74, 6) is -0.201. The summed E-state index contributed by atoms with van der Waals surface area (Å²) in [6.45, 7) is 2.03. The predicted molar refractivity (Wildman–Crippen MR) is 97.9 cm³/mol. The standard InChI is InChI=1S/C22H18O2/c1-16-11-13-17(14-12-16)15-20(18-7-3-2-4-8-18)22(24)19-9-5-6-10-21(19)23/h2-15,23H,1H3/b20-15+. The molecular formula is C22H18O2. The first-order valence-electron chi connectivity index (χ1n) is 7.81. The van der Waals surface area contributed by atoms with Gasteiger partial charge in [0.2, 0.25) is 0 Å². The Balaban J connectivity index is 2.11. The van der Waals surface area contributed by atoms with Crippen LogP contribution in [0.1, 0.15) is 27.0 Å². The van der Waals surface area contributed by atoms with E-state index in [1.807, 2.05) is 67.6 Å². The van der Waals surface area contributed by atoms with Gasteiger partial charge >= 0.3 is 0 Å². The van der Waals surface area contributed by atoms with Crippen LogP contribution in [0.15, 0.2) is 78.9 Å². The molecule has 0 fully saturated rings. The summed E-state index contributed by atoms with van der Waals surface area (Å²) in [7, 11) is 0. The van der Waals surface area contributed by atoms with Gasteiger partial charge in [-0.3, -0.25) is 4.79 Å². The van der Waals surface area contributed by atoms with Crippen LogP contribution in [0.5, 0.6) is 5.75 Å². The highest BCUT2D eigenvalue weighted by atomic mass is 16.3. The molecule has 0 atom stereocenters. The summed E-state index contributed by atoms with van der Waals surface area (Å²) in [5, 5.41) is 10.0. The van der Waals surface area contributed by atoms with Crippen LogP contribution in [0.25, 0.3) is 11.6 Å². The number of carbonyl (C=O) groups excluding carboxylic acids is 1. The van der Waals surface area contributed by atoms with E-state index >= 15 is 0 Å². The van der Waals surface area contributed by atoms with Crippen LogP contribution < -0.4 is 0 Å². The monoisotopic (exact) mass is 314 g/mol. The van der Waals surface area contributed by atoms with Gasteiger partial charge in [-0.15, -0.1) is 0 Å². The fourth-order valence-corrected chi connectivity index (χ4v) is 2.54. The number of phenolic OH excluding ortho intramolecular Hbond substituents is 1. The quantitative estimate of drug-likeness (QED) is 0.412. The molecule has 0 saturated carbocycles. The van der Waals surface area contributed by atoms with E-state index in [1.54, 1.807) is 18.2 Å². The van der Waals surface area contributed by atoms with Gasteiger partial charge in [0.1, 0.15) is 5.75 Å². The Labute approximate surface area is 141 Å². The van der Waals surface area contributed by atoms with E-state index in [0.717, 1.165) is 11.1 Å². The van der Waals surface area contributed by atoms with Gasteiger partial charge in [0.05, 0.1) is 5.56 Å². The van der Waals surface area contributed by atoms with Crippen LogP contribution in [0.4, 0.5) is 0 Å². The maximum absolute atomic E-state index is 13.0. The van der Waals surface area contributed by atoms with Gasteiger partial charge in [0.15, 0.2) is 5.78 Å². The summed E-state index contributed by atoms with van der Waals surface area (Å²) in [5.41, 5.74) is 3.80.